The van der Waals surface area contributed by atoms with Crippen molar-refractivity contribution in [1.29, 1.82) is 0 Å². The van der Waals surface area contributed by atoms with Gasteiger partial charge in [0.1, 0.15) is 11.3 Å². The average molecular weight is 329 g/mol. The first-order valence-electron chi connectivity index (χ1n) is 7.24. The lowest BCUT2D eigenvalue weighted by atomic mass is 10.1. The molecular formula is C14H15N7OS. The SMILES string of the molecule is CCCCc1nnc(NC(=O)c2ccccc2-n2cnnn2)s1. The van der Waals surface area contributed by atoms with Gasteiger partial charge in [-0.15, -0.1) is 15.3 Å². The molecule has 0 atom stereocenters. The van der Waals surface area contributed by atoms with E-state index in [1.54, 1.807) is 18.2 Å². The summed E-state index contributed by atoms with van der Waals surface area (Å²) in [6.45, 7) is 2.12. The van der Waals surface area contributed by atoms with Gasteiger partial charge < -0.3 is 0 Å². The normalized spacial score (nSPS) is 10.7. The first-order chi connectivity index (χ1) is 11.3. The molecule has 8 nitrogen and oxygen atoms in total. The van der Waals surface area contributed by atoms with Gasteiger partial charge in [-0.2, -0.15) is 4.68 Å². The van der Waals surface area contributed by atoms with E-state index >= 15 is 0 Å². The molecule has 0 aliphatic heterocycles. The van der Waals surface area contributed by atoms with Gasteiger partial charge in [0.25, 0.3) is 5.91 Å². The van der Waals surface area contributed by atoms with E-state index in [1.165, 1.54) is 22.3 Å². The van der Waals surface area contributed by atoms with Crippen LogP contribution in [0.1, 0.15) is 35.1 Å². The number of nitrogens with zero attached hydrogens (tertiary/aromatic N) is 6. The van der Waals surface area contributed by atoms with E-state index in [9.17, 15) is 4.79 Å². The maximum Gasteiger partial charge on any atom is 0.259 e. The van der Waals surface area contributed by atoms with E-state index in [2.05, 4.69) is 38.0 Å². The summed E-state index contributed by atoms with van der Waals surface area (Å²) in [6.07, 6.45) is 4.48. The lowest BCUT2D eigenvalue weighted by Gasteiger charge is -2.07. The van der Waals surface area contributed by atoms with E-state index in [-0.39, 0.29) is 5.91 Å². The Hall–Kier alpha value is -2.68. The fourth-order valence-electron chi connectivity index (χ4n) is 2.03. The predicted octanol–water partition coefficient (Wildman–Crippen LogP) is 2.11. The highest BCUT2D eigenvalue weighted by atomic mass is 32.1. The van der Waals surface area contributed by atoms with Gasteiger partial charge >= 0.3 is 0 Å². The second kappa shape index (κ2) is 7.05. The molecule has 0 unspecified atom stereocenters. The van der Waals surface area contributed by atoms with Crippen LogP contribution in [0, 0.1) is 0 Å². The number of nitrogens with one attached hydrogen (secondary N) is 1. The summed E-state index contributed by atoms with van der Waals surface area (Å²) in [4.78, 5) is 12.5. The number of para-hydroxylation sites is 1. The van der Waals surface area contributed by atoms with Crippen LogP contribution in [0.2, 0.25) is 0 Å². The maximum absolute atomic E-state index is 12.5. The summed E-state index contributed by atoms with van der Waals surface area (Å²) >= 11 is 1.40. The monoisotopic (exact) mass is 329 g/mol. The molecule has 1 aromatic carbocycles. The molecule has 3 rings (SSSR count). The number of hydrogen-bond donors (Lipinski definition) is 1. The lowest BCUT2D eigenvalue weighted by molar-refractivity contribution is 0.102. The Balaban J connectivity index is 1.78. The molecule has 0 aliphatic rings. The Morgan fingerprint density at radius 2 is 2.17 bits per heavy atom. The molecule has 0 spiro atoms. The number of amides is 1. The summed E-state index contributed by atoms with van der Waals surface area (Å²) in [6, 6.07) is 7.10. The number of anilines is 1. The third-order valence-corrected chi connectivity index (χ3v) is 4.07. The minimum Gasteiger partial charge on any atom is -0.296 e. The molecule has 0 fully saturated rings. The summed E-state index contributed by atoms with van der Waals surface area (Å²) in [5.74, 6) is -0.269. The molecule has 2 aromatic heterocycles. The van der Waals surface area contributed by atoms with Crippen molar-refractivity contribution in [3.63, 3.8) is 0 Å². The molecule has 1 amide bonds. The van der Waals surface area contributed by atoms with Gasteiger partial charge in [0.15, 0.2) is 0 Å². The number of benzene rings is 1. The van der Waals surface area contributed by atoms with Gasteiger partial charge in [0.2, 0.25) is 5.13 Å². The average Bonchev–Trinajstić information content (AvgIpc) is 3.25. The van der Waals surface area contributed by atoms with Gasteiger partial charge in [-0.1, -0.05) is 36.8 Å². The van der Waals surface area contributed by atoms with Crippen LogP contribution in [-0.4, -0.2) is 36.3 Å². The van der Waals surface area contributed by atoms with Crippen LogP contribution in [0.5, 0.6) is 0 Å². The molecular weight excluding hydrogens is 314 g/mol. The van der Waals surface area contributed by atoms with E-state index in [4.69, 9.17) is 0 Å². The van der Waals surface area contributed by atoms with Gasteiger partial charge in [-0.3, -0.25) is 10.1 Å². The Kier molecular flexibility index (Phi) is 4.67. The van der Waals surface area contributed by atoms with Crippen molar-refractivity contribution in [2.75, 3.05) is 5.32 Å². The summed E-state index contributed by atoms with van der Waals surface area (Å²) < 4.78 is 1.45. The Bertz CT molecular complexity index is 784. The Labute approximate surface area is 136 Å². The fourth-order valence-corrected chi connectivity index (χ4v) is 2.81. The molecule has 9 heteroatoms. The smallest absolute Gasteiger partial charge is 0.259 e. The van der Waals surface area contributed by atoms with Crippen LogP contribution in [-0.2, 0) is 6.42 Å². The second-order valence-corrected chi connectivity index (χ2v) is 5.89. The van der Waals surface area contributed by atoms with E-state index < -0.39 is 0 Å². The number of aryl methyl sites for hydroxylation is 1. The molecule has 23 heavy (non-hydrogen) atoms. The summed E-state index contributed by atoms with van der Waals surface area (Å²) in [5.41, 5.74) is 1.07. The van der Waals surface area contributed by atoms with Crippen LogP contribution in [0.15, 0.2) is 30.6 Å². The van der Waals surface area contributed by atoms with Crippen LogP contribution in [0.25, 0.3) is 5.69 Å². The van der Waals surface area contributed by atoms with E-state index in [0.717, 1.165) is 24.3 Å². The number of unbranched alkanes of at least 4 members (excludes halogenated alkanes) is 1. The van der Waals surface area contributed by atoms with Crippen LogP contribution in [0.3, 0.4) is 0 Å². The zero-order chi connectivity index (χ0) is 16.1. The number of tetrazole rings is 1. The van der Waals surface area contributed by atoms with Crippen molar-refractivity contribution in [2.45, 2.75) is 26.2 Å². The van der Waals surface area contributed by atoms with Gasteiger partial charge in [0, 0.05) is 6.42 Å². The number of carbonyl (C=O) groups excluding carboxylic acids is 1. The molecule has 1 N–H and O–H groups in total. The van der Waals surface area contributed by atoms with E-state index in [1.807, 2.05) is 6.07 Å². The first-order valence-corrected chi connectivity index (χ1v) is 8.05. The minimum absolute atomic E-state index is 0.269. The molecule has 0 saturated carbocycles. The van der Waals surface area contributed by atoms with Crippen molar-refractivity contribution < 1.29 is 4.79 Å². The minimum atomic E-state index is -0.269. The summed E-state index contributed by atoms with van der Waals surface area (Å²) in [5, 5.41) is 23.3. The van der Waals surface area contributed by atoms with Crippen LogP contribution in [0.4, 0.5) is 5.13 Å². The van der Waals surface area contributed by atoms with Crippen molar-refractivity contribution in [3.05, 3.63) is 41.2 Å². The predicted molar refractivity (Wildman–Crippen MR) is 85.6 cm³/mol. The Morgan fingerprint density at radius 1 is 1.30 bits per heavy atom. The quantitative estimate of drug-likeness (QED) is 0.743. The highest BCUT2D eigenvalue weighted by molar-refractivity contribution is 7.15. The third kappa shape index (κ3) is 3.57. The Morgan fingerprint density at radius 3 is 2.96 bits per heavy atom. The number of carbonyl (C=O) groups is 1. The highest BCUT2D eigenvalue weighted by Crippen LogP contribution is 2.19. The zero-order valence-corrected chi connectivity index (χ0v) is 13.3. The fraction of sp³-hybridized carbons (Fsp3) is 0.286. The van der Waals surface area contributed by atoms with Gasteiger partial charge in [0.05, 0.1) is 11.3 Å². The topological polar surface area (TPSA) is 98.5 Å². The van der Waals surface area contributed by atoms with Crippen molar-refractivity contribution in [1.82, 2.24) is 30.4 Å². The number of hydrogen-bond acceptors (Lipinski definition) is 7. The largest absolute Gasteiger partial charge is 0.296 e. The van der Waals surface area contributed by atoms with Gasteiger partial charge in [-0.05, 0) is 29.0 Å². The molecule has 3 aromatic rings. The first kappa shape index (κ1) is 15.2. The van der Waals surface area contributed by atoms with E-state index in [0.29, 0.717) is 16.4 Å². The molecule has 0 saturated heterocycles. The molecule has 118 valence electrons. The highest BCUT2D eigenvalue weighted by Gasteiger charge is 2.15. The molecule has 2 heterocycles. The molecule has 0 bridgehead atoms. The number of aromatic nitrogens is 6. The molecule has 0 aliphatic carbocycles. The summed E-state index contributed by atoms with van der Waals surface area (Å²) in [7, 11) is 0. The van der Waals surface area contributed by atoms with Gasteiger partial charge in [-0.25, -0.2) is 0 Å². The number of rotatable bonds is 6. The van der Waals surface area contributed by atoms with Crippen molar-refractivity contribution in [3.8, 4) is 5.69 Å². The molecule has 0 radical (unpaired) electrons. The van der Waals surface area contributed by atoms with Crippen LogP contribution < -0.4 is 5.32 Å². The van der Waals surface area contributed by atoms with Crippen molar-refractivity contribution >= 4 is 22.4 Å². The van der Waals surface area contributed by atoms with Crippen LogP contribution >= 0.6 is 11.3 Å². The standard InChI is InChI=1S/C14H15N7OS/c1-2-3-8-12-17-18-14(23-12)16-13(22)10-6-4-5-7-11(10)21-9-15-19-20-21/h4-7,9H,2-3,8H2,1H3,(H,16,18,22). The lowest BCUT2D eigenvalue weighted by Crippen LogP contribution is -2.15. The zero-order valence-electron chi connectivity index (χ0n) is 12.5. The van der Waals surface area contributed by atoms with Crippen molar-refractivity contribution in [2.24, 2.45) is 0 Å². The third-order valence-electron chi connectivity index (χ3n) is 3.18. The maximum atomic E-state index is 12.5. The second-order valence-electron chi connectivity index (χ2n) is 4.83.